The first-order valence-corrected chi connectivity index (χ1v) is 6.92. The summed E-state index contributed by atoms with van der Waals surface area (Å²) in [6.07, 6.45) is 3.04. The fraction of sp³-hybridized carbons (Fsp3) is 0.167. The number of nitrogens with zero attached hydrogens (tertiary/aromatic N) is 3. The molecule has 1 atom stereocenters. The molecule has 2 aromatic rings. The van der Waals surface area contributed by atoms with Crippen LogP contribution in [0.25, 0.3) is 0 Å². The van der Waals surface area contributed by atoms with Crippen LogP contribution in [0, 0.1) is 17.2 Å². The molecule has 0 spiro atoms. The lowest BCUT2D eigenvalue weighted by Gasteiger charge is -2.06. The Bertz CT molecular complexity index is 631. The lowest BCUT2D eigenvalue weighted by Crippen LogP contribution is -2.25. The molecule has 2 rings (SSSR count). The number of carbonyl (C=O) groups excluding carboxylic acids is 2. The zero-order valence-corrected chi connectivity index (χ0v) is 12.2. The number of hydrogen-bond acceptors (Lipinski definition) is 5. The summed E-state index contributed by atoms with van der Waals surface area (Å²) in [5.41, 5.74) is 0. The third-order valence-electron chi connectivity index (χ3n) is 2.54. The summed E-state index contributed by atoms with van der Waals surface area (Å²) in [5, 5.41) is 10.8. The minimum atomic E-state index is -1.36. The highest BCUT2D eigenvalue weighted by Crippen LogP contribution is 2.26. The second-order valence-corrected chi connectivity index (χ2v) is 5.52. The molecular formula is C12H8BrN3O2S. The molecular weight excluding hydrogens is 330 g/mol. The Labute approximate surface area is 121 Å². The first-order chi connectivity index (χ1) is 9.06. The number of rotatable bonds is 4. The maximum absolute atomic E-state index is 12.2. The summed E-state index contributed by atoms with van der Waals surface area (Å²) in [4.78, 5) is 28.6. The molecule has 7 heteroatoms. The molecule has 0 aliphatic heterocycles. The minimum absolute atomic E-state index is 0.104. The van der Waals surface area contributed by atoms with Crippen LogP contribution < -0.4 is 0 Å². The predicted octanol–water partition coefficient (Wildman–Crippen LogP) is 2.45. The number of ketones is 2. The molecule has 0 radical (unpaired) electrons. The summed E-state index contributed by atoms with van der Waals surface area (Å²) >= 11 is 4.42. The molecule has 0 saturated heterocycles. The van der Waals surface area contributed by atoms with Gasteiger partial charge in [-0.3, -0.25) is 9.59 Å². The molecule has 2 heterocycles. The van der Waals surface area contributed by atoms with E-state index < -0.39 is 17.5 Å². The summed E-state index contributed by atoms with van der Waals surface area (Å²) in [7, 11) is 1.64. The number of halogens is 1. The van der Waals surface area contributed by atoms with Gasteiger partial charge in [0.15, 0.2) is 17.5 Å². The van der Waals surface area contributed by atoms with Crippen molar-refractivity contribution in [3.8, 4) is 6.07 Å². The van der Waals surface area contributed by atoms with Crippen LogP contribution in [0.15, 0.2) is 28.3 Å². The normalized spacial score (nSPS) is 11.8. The van der Waals surface area contributed by atoms with Gasteiger partial charge in [-0.15, -0.1) is 11.3 Å². The molecule has 0 bridgehead atoms. The zero-order chi connectivity index (χ0) is 14.0. The molecule has 96 valence electrons. The van der Waals surface area contributed by atoms with E-state index in [1.54, 1.807) is 30.8 Å². The van der Waals surface area contributed by atoms with Gasteiger partial charge < -0.3 is 4.57 Å². The van der Waals surface area contributed by atoms with Gasteiger partial charge in [-0.1, -0.05) is 0 Å². The van der Waals surface area contributed by atoms with Gasteiger partial charge in [-0.05, 0) is 27.4 Å². The Balaban J connectivity index is 2.35. The van der Waals surface area contributed by atoms with Crippen molar-refractivity contribution >= 4 is 38.8 Å². The monoisotopic (exact) mass is 337 g/mol. The number of Topliss-reactive ketones (excluding diaryl/α,β-unsaturated/α-hetero) is 2. The smallest absolute Gasteiger partial charge is 0.223 e. The second-order valence-electron chi connectivity index (χ2n) is 3.75. The summed E-state index contributed by atoms with van der Waals surface area (Å²) in [5.74, 6) is -2.35. The minimum Gasteiger partial charge on any atom is -0.332 e. The maximum atomic E-state index is 12.2. The summed E-state index contributed by atoms with van der Waals surface area (Å²) in [6.45, 7) is 0. The number of nitriles is 1. The van der Waals surface area contributed by atoms with Crippen LogP contribution in [0.1, 0.15) is 20.3 Å². The highest BCUT2D eigenvalue weighted by atomic mass is 79.9. The molecule has 19 heavy (non-hydrogen) atoms. The number of aryl methyl sites for hydroxylation is 1. The van der Waals surface area contributed by atoms with Crippen LogP contribution >= 0.6 is 27.3 Å². The fourth-order valence-corrected chi connectivity index (χ4v) is 3.11. The second kappa shape index (κ2) is 5.47. The van der Waals surface area contributed by atoms with Crippen LogP contribution in [0.2, 0.25) is 0 Å². The van der Waals surface area contributed by atoms with Crippen LogP contribution in [-0.2, 0) is 7.05 Å². The topological polar surface area (TPSA) is 75.8 Å². The van der Waals surface area contributed by atoms with Gasteiger partial charge in [-0.25, -0.2) is 4.98 Å². The number of carbonyl (C=O) groups is 2. The van der Waals surface area contributed by atoms with Crippen LogP contribution in [0.3, 0.4) is 0 Å². The van der Waals surface area contributed by atoms with E-state index in [1.807, 2.05) is 0 Å². The molecule has 2 aromatic heterocycles. The fourth-order valence-electron chi connectivity index (χ4n) is 1.57. The van der Waals surface area contributed by atoms with Gasteiger partial charge in [0, 0.05) is 23.9 Å². The van der Waals surface area contributed by atoms with E-state index in [0.717, 1.165) is 0 Å². The van der Waals surface area contributed by atoms with Gasteiger partial charge in [0.25, 0.3) is 0 Å². The van der Waals surface area contributed by atoms with E-state index in [1.165, 1.54) is 22.1 Å². The highest BCUT2D eigenvalue weighted by Gasteiger charge is 2.32. The van der Waals surface area contributed by atoms with Gasteiger partial charge in [0.2, 0.25) is 5.78 Å². The van der Waals surface area contributed by atoms with Crippen LogP contribution in [-0.4, -0.2) is 21.1 Å². The molecule has 0 fully saturated rings. The van der Waals surface area contributed by atoms with E-state index in [4.69, 9.17) is 5.26 Å². The Morgan fingerprint density at radius 3 is 2.74 bits per heavy atom. The van der Waals surface area contributed by atoms with Crippen molar-refractivity contribution in [1.82, 2.24) is 9.55 Å². The molecule has 0 aromatic carbocycles. The Kier molecular flexibility index (Phi) is 3.93. The largest absolute Gasteiger partial charge is 0.332 e. The quantitative estimate of drug-likeness (QED) is 0.634. The molecule has 0 amide bonds. The van der Waals surface area contributed by atoms with E-state index in [9.17, 15) is 9.59 Å². The lowest BCUT2D eigenvalue weighted by atomic mass is 9.99. The van der Waals surface area contributed by atoms with Crippen molar-refractivity contribution in [2.75, 3.05) is 0 Å². The van der Waals surface area contributed by atoms with E-state index in [0.29, 0.717) is 9.35 Å². The van der Waals surface area contributed by atoms with Crippen LogP contribution in [0.5, 0.6) is 0 Å². The third kappa shape index (κ3) is 2.50. The van der Waals surface area contributed by atoms with Gasteiger partial charge in [-0.2, -0.15) is 5.26 Å². The summed E-state index contributed by atoms with van der Waals surface area (Å²) in [6, 6.07) is 3.47. The maximum Gasteiger partial charge on any atom is 0.223 e. The van der Waals surface area contributed by atoms with Gasteiger partial charge >= 0.3 is 0 Å². The van der Waals surface area contributed by atoms with Crippen molar-refractivity contribution in [3.63, 3.8) is 0 Å². The molecule has 0 N–H and O–H groups in total. The van der Waals surface area contributed by atoms with E-state index >= 15 is 0 Å². The summed E-state index contributed by atoms with van der Waals surface area (Å²) < 4.78 is 2.08. The SMILES string of the molecule is Cn1ccnc1C(=O)[C@@H](C#N)C(=O)c1sccc1Br. The Morgan fingerprint density at radius 2 is 2.26 bits per heavy atom. The molecule has 0 saturated carbocycles. The van der Waals surface area contributed by atoms with Gasteiger partial charge in [0.05, 0.1) is 10.9 Å². The first-order valence-electron chi connectivity index (χ1n) is 5.24. The third-order valence-corrected chi connectivity index (χ3v) is 4.39. The molecule has 0 unspecified atom stereocenters. The first kappa shape index (κ1) is 13.6. The Hall–Kier alpha value is -1.78. The van der Waals surface area contributed by atoms with E-state index in [2.05, 4.69) is 20.9 Å². The lowest BCUT2D eigenvalue weighted by molar-refractivity contribution is 0.0840. The molecule has 5 nitrogen and oxygen atoms in total. The number of hydrogen-bond donors (Lipinski definition) is 0. The zero-order valence-electron chi connectivity index (χ0n) is 9.83. The van der Waals surface area contributed by atoms with Crippen molar-refractivity contribution in [2.24, 2.45) is 13.0 Å². The van der Waals surface area contributed by atoms with Crippen molar-refractivity contribution in [3.05, 3.63) is 39.0 Å². The van der Waals surface area contributed by atoms with Crippen molar-refractivity contribution in [1.29, 1.82) is 5.26 Å². The average molecular weight is 338 g/mol. The Morgan fingerprint density at radius 1 is 1.53 bits per heavy atom. The van der Waals surface area contributed by atoms with E-state index in [-0.39, 0.29) is 5.82 Å². The number of aromatic nitrogens is 2. The number of imidazole rings is 1. The standard InChI is InChI=1S/C12H8BrN3O2S/c1-16-4-3-15-12(16)10(18)7(6-14)9(17)11-8(13)2-5-19-11/h2-5,7H,1H3/t7-/m0/s1. The molecule has 0 aliphatic carbocycles. The van der Waals surface area contributed by atoms with Gasteiger partial charge in [0.1, 0.15) is 0 Å². The highest BCUT2D eigenvalue weighted by molar-refractivity contribution is 9.10. The predicted molar refractivity (Wildman–Crippen MR) is 73.0 cm³/mol. The average Bonchev–Trinajstić information content (AvgIpc) is 2.98. The van der Waals surface area contributed by atoms with Crippen molar-refractivity contribution < 1.29 is 9.59 Å². The molecule has 0 aliphatic rings. The van der Waals surface area contributed by atoms with Crippen LogP contribution in [0.4, 0.5) is 0 Å². The van der Waals surface area contributed by atoms with Crippen molar-refractivity contribution in [2.45, 2.75) is 0 Å². The number of thiophene rings is 1.